The third kappa shape index (κ3) is 3.27. The number of ether oxygens (including phenoxy) is 1. The number of methoxy groups -OCH3 is 1. The molecule has 100 valence electrons. The van der Waals surface area contributed by atoms with Gasteiger partial charge in [-0.15, -0.1) is 11.3 Å². The Morgan fingerprint density at radius 2 is 2.32 bits per heavy atom. The van der Waals surface area contributed by atoms with Crippen molar-refractivity contribution >= 4 is 38.9 Å². The molecular weight excluding hydrogens is 328 g/mol. The molecule has 0 aliphatic carbocycles. The lowest BCUT2D eigenvalue weighted by Gasteiger charge is -2.09. The smallest absolute Gasteiger partial charge is 0.253 e. The van der Waals surface area contributed by atoms with E-state index in [9.17, 15) is 4.79 Å². The van der Waals surface area contributed by atoms with Gasteiger partial charge in [0, 0.05) is 14.7 Å². The van der Waals surface area contributed by atoms with Crippen LogP contribution in [0.15, 0.2) is 34.1 Å². The molecule has 19 heavy (non-hydrogen) atoms. The van der Waals surface area contributed by atoms with Crippen LogP contribution in [0, 0.1) is 0 Å². The third-order valence-electron chi connectivity index (χ3n) is 2.58. The van der Waals surface area contributed by atoms with Crippen LogP contribution in [0.2, 0.25) is 0 Å². The van der Waals surface area contributed by atoms with E-state index in [-0.39, 0.29) is 5.91 Å². The fraction of sp³-hybridized carbons (Fsp3) is 0.154. The van der Waals surface area contributed by atoms with Crippen molar-refractivity contribution in [1.82, 2.24) is 5.32 Å². The standard InChI is InChI=1S/C13H13BrN2O2S/c1-18-11-4-2-3-10(12(11)15)13(17)16-6-9-5-8(14)7-19-9/h2-5,7H,6,15H2,1H3,(H,16,17). The van der Waals surface area contributed by atoms with Gasteiger partial charge in [-0.05, 0) is 34.1 Å². The van der Waals surface area contributed by atoms with Crippen molar-refractivity contribution in [2.75, 3.05) is 12.8 Å². The summed E-state index contributed by atoms with van der Waals surface area (Å²) >= 11 is 4.96. The first kappa shape index (κ1) is 13.9. The lowest BCUT2D eigenvalue weighted by Crippen LogP contribution is -2.23. The summed E-state index contributed by atoms with van der Waals surface area (Å²) in [4.78, 5) is 13.1. The minimum absolute atomic E-state index is 0.207. The van der Waals surface area contributed by atoms with Gasteiger partial charge in [0.25, 0.3) is 5.91 Å². The van der Waals surface area contributed by atoms with Crippen LogP contribution >= 0.6 is 27.3 Å². The molecule has 0 saturated heterocycles. The topological polar surface area (TPSA) is 64.3 Å². The average Bonchev–Trinajstić information content (AvgIpc) is 2.82. The highest BCUT2D eigenvalue weighted by Crippen LogP contribution is 2.25. The lowest BCUT2D eigenvalue weighted by molar-refractivity contribution is 0.0952. The van der Waals surface area contributed by atoms with Gasteiger partial charge >= 0.3 is 0 Å². The fourth-order valence-corrected chi connectivity index (χ4v) is 3.02. The normalized spacial score (nSPS) is 10.2. The number of hydrogen-bond donors (Lipinski definition) is 2. The highest BCUT2D eigenvalue weighted by Gasteiger charge is 2.12. The number of benzene rings is 1. The summed E-state index contributed by atoms with van der Waals surface area (Å²) in [5, 5.41) is 4.81. The van der Waals surface area contributed by atoms with Crippen LogP contribution in [0.1, 0.15) is 15.2 Å². The highest BCUT2D eigenvalue weighted by molar-refractivity contribution is 9.10. The Labute approximate surface area is 123 Å². The minimum Gasteiger partial charge on any atom is -0.495 e. The van der Waals surface area contributed by atoms with Crippen molar-refractivity contribution in [2.24, 2.45) is 0 Å². The number of nitrogens with one attached hydrogen (secondary N) is 1. The largest absolute Gasteiger partial charge is 0.495 e. The SMILES string of the molecule is COc1cccc(C(=O)NCc2cc(Br)cs2)c1N. The third-order valence-corrected chi connectivity index (χ3v) is 4.27. The monoisotopic (exact) mass is 340 g/mol. The van der Waals surface area contributed by atoms with E-state index in [0.717, 1.165) is 9.35 Å². The molecule has 2 aromatic rings. The highest BCUT2D eigenvalue weighted by atomic mass is 79.9. The molecule has 0 bridgehead atoms. The van der Waals surface area contributed by atoms with Crippen molar-refractivity contribution < 1.29 is 9.53 Å². The van der Waals surface area contributed by atoms with Crippen LogP contribution in [-0.2, 0) is 6.54 Å². The van der Waals surface area contributed by atoms with Gasteiger partial charge in [0.1, 0.15) is 5.75 Å². The molecular formula is C13H13BrN2O2S. The van der Waals surface area contributed by atoms with Crippen LogP contribution in [-0.4, -0.2) is 13.0 Å². The predicted octanol–water partition coefficient (Wildman–Crippen LogP) is 3.03. The zero-order chi connectivity index (χ0) is 13.8. The van der Waals surface area contributed by atoms with Gasteiger partial charge in [-0.25, -0.2) is 0 Å². The Morgan fingerprint density at radius 3 is 2.95 bits per heavy atom. The maximum absolute atomic E-state index is 12.1. The number of nitrogens with two attached hydrogens (primary N) is 1. The maximum Gasteiger partial charge on any atom is 0.253 e. The molecule has 0 saturated carbocycles. The number of anilines is 1. The van der Waals surface area contributed by atoms with Gasteiger partial charge in [-0.2, -0.15) is 0 Å². The Bertz CT molecular complexity index is 598. The molecule has 2 rings (SSSR count). The number of rotatable bonds is 4. The Balaban J connectivity index is 2.08. The number of carbonyl (C=O) groups excluding carboxylic acids is 1. The van der Waals surface area contributed by atoms with Crippen LogP contribution in [0.5, 0.6) is 5.75 Å². The van der Waals surface area contributed by atoms with E-state index in [4.69, 9.17) is 10.5 Å². The van der Waals surface area contributed by atoms with Crippen LogP contribution in [0.3, 0.4) is 0 Å². The molecule has 0 fully saturated rings. The first-order chi connectivity index (χ1) is 9.11. The molecule has 1 aromatic carbocycles. The van der Waals surface area contributed by atoms with E-state index in [2.05, 4.69) is 21.2 Å². The number of para-hydroxylation sites is 1. The molecule has 0 spiro atoms. The van der Waals surface area contributed by atoms with Crippen LogP contribution < -0.4 is 15.8 Å². The molecule has 0 aliphatic rings. The molecule has 0 unspecified atom stereocenters. The predicted molar refractivity (Wildman–Crippen MR) is 80.6 cm³/mol. The van der Waals surface area contributed by atoms with E-state index >= 15 is 0 Å². The number of nitrogen functional groups attached to an aromatic ring is 1. The van der Waals surface area contributed by atoms with E-state index in [0.29, 0.717) is 23.5 Å². The Morgan fingerprint density at radius 1 is 1.53 bits per heavy atom. The molecule has 1 heterocycles. The second kappa shape index (κ2) is 6.08. The summed E-state index contributed by atoms with van der Waals surface area (Å²) in [6.45, 7) is 0.478. The minimum atomic E-state index is -0.207. The lowest BCUT2D eigenvalue weighted by atomic mass is 10.1. The van der Waals surface area contributed by atoms with E-state index in [1.165, 1.54) is 7.11 Å². The van der Waals surface area contributed by atoms with Crippen molar-refractivity contribution in [3.05, 3.63) is 44.6 Å². The maximum atomic E-state index is 12.1. The average molecular weight is 341 g/mol. The molecule has 6 heteroatoms. The van der Waals surface area contributed by atoms with Crippen molar-refractivity contribution in [2.45, 2.75) is 6.54 Å². The van der Waals surface area contributed by atoms with E-state index in [1.54, 1.807) is 29.5 Å². The molecule has 0 radical (unpaired) electrons. The second-order valence-electron chi connectivity index (χ2n) is 3.84. The van der Waals surface area contributed by atoms with Gasteiger partial charge in [-0.1, -0.05) is 6.07 Å². The summed E-state index contributed by atoms with van der Waals surface area (Å²) < 4.78 is 6.11. The Hall–Kier alpha value is -1.53. The van der Waals surface area contributed by atoms with E-state index < -0.39 is 0 Å². The number of halogens is 1. The summed E-state index contributed by atoms with van der Waals surface area (Å²) in [6.07, 6.45) is 0. The molecule has 1 amide bonds. The summed E-state index contributed by atoms with van der Waals surface area (Å²) in [7, 11) is 1.52. The summed E-state index contributed by atoms with van der Waals surface area (Å²) in [6, 6.07) is 7.12. The van der Waals surface area contributed by atoms with Crippen molar-refractivity contribution in [1.29, 1.82) is 0 Å². The number of thiophene rings is 1. The summed E-state index contributed by atoms with van der Waals surface area (Å²) in [5.41, 5.74) is 6.66. The second-order valence-corrected chi connectivity index (χ2v) is 5.75. The van der Waals surface area contributed by atoms with Crippen molar-refractivity contribution in [3.8, 4) is 5.75 Å². The zero-order valence-corrected chi connectivity index (χ0v) is 12.7. The molecule has 1 aromatic heterocycles. The van der Waals surface area contributed by atoms with E-state index in [1.807, 2.05) is 11.4 Å². The van der Waals surface area contributed by atoms with Gasteiger partial charge in [-0.3, -0.25) is 4.79 Å². The fourth-order valence-electron chi connectivity index (χ4n) is 1.63. The molecule has 4 nitrogen and oxygen atoms in total. The zero-order valence-electron chi connectivity index (χ0n) is 10.3. The molecule has 0 atom stereocenters. The van der Waals surface area contributed by atoms with Crippen molar-refractivity contribution in [3.63, 3.8) is 0 Å². The van der Waals surface area contributed by atoms with Gasteiger partial charge in [0.2, 0.25) is 0 Å². The number of carbonyl (C=O) groups is 1. The number of hydrogen-bond acceptors (Lipinski definition) is 4. The first-order valence-corrected chi connectivity index (χ1v) is 7.22. The number of amides is 1. The van der Waals surface area contributed by atoms with Gasteiger partial charge in [0.15, 0.2) is 0 Å². The Kier molecular flexibility index (Phi) is 4.44. The summed E-state index contributed by atoms with van der Waals surface area (Å²) in [5.74, 6) is 0.299. The van der Waals surface area contributed by atoms with Gasteiger partial charge in [0.05, 0.1) is 24.9 Å². The molecule has 0 aliphatic heterocycles. The van der Waals surface area contributed by atoms with Crippen LogP contribution in [0.25, 0.3) is 0 Å². The van der Waals surface area contributed by atoms with Gasteiger partial charge < -0.3 is 15.8 Å². The molecule has 3 N–H and O–H groups in total. The quantitative estimate of drug-likeness (QED) is 0.840. The first-order valence-electron chi connectivity index (χ1n) is 5.55. The van der Waals surface area contributed by atoms with Crippen LogP contribution in [0.4, 0.5) is 5.69 Å².